The minimum Gasteiger partial charge on any atom is -0.338 e. The number of benzene rings is 2. The first-order chi connectivity index (χ1) is 12.3. The lowest BCUT2D eigenvalue weighted by Gasteiger charge is -2.25. The summed E-state index contributed by atoms with van der Waals surface area (Å²) in [6, 6.07) is 16.5. The lowest BCUT2D eigenvalue weighted by molar-refractivity contribution is 0.194. The highest BCUT2D eigenvalue weighted by Gasteiger charge is 2.17. The van der Waals surface area contributed by atoms with Gasteiger partial charge < -0.3 is 10.2 Å². The molecular weight excluding hydrogens is 348 g/mol. The first kappa shape index (κ1) is 20.0. The second-order valence-electron chi connectivity index (χ2n) is 6.45. The van der Waals surface area contributed by atoms with Crippen LogP contribution >= 0.6 is 0 Å². The van der Waals surface area contributed by atoms with Gasteiger partial charge >= 0.3 is 6.03 Å². The lowest BCUT2D eigenvalue weighted by Crippen LogP contribution is -2.39. The van der Waals surface area contributed by atoms with E-state index in [1.807, 2.05) is 25.1 Å². The second-order valence-corrected chi connectivity index (χ2v) is 8.46. The number of sulfone groups is 1. The van der Waals surface area contributed by atoms with Crippen molar-refractivity contribution >= 4 is 15.9 Å². The number of carbonyl (C=O) groups is 1. The first-order valence-electron chi connectivity index (χ1n) is 8.63. The Hall–Kier alpha value is -2.34. The molecule has 0 spiro atoms. The van der Waals surface area contributed by atoms with Crippen molar-refractivity contribution < 1.29 is 13.2 Å². The van der Waals surface area contributed by atoms with Gasteiger partial charge in [-0.2, -0.15) is 0 Å². The van der Waals surface area contributed by atoms with Crippen LogP contribution in [0.5, 0.6) is 0 Å². The lowest BCUT2D eigenvalue weighted by atomic mass is 10.1. The molecule has 26 heavy (non-hydrogen) atoms. The summed E-state index contributed by atoms with van der Waals surface area (Å²) in [6.07, 6.45) is 2.98. The predicted molar refractivity (Wildman–Crippen MR) is 104 cm³/mol. The molecule has 2 rings (SSSR count). The van der Waals surface area contributed by atoms with E-state index in [0.717, 1.165) is 18.4 Å². The first-order valence-corrected chi connectivity index (χ1v) is 10.5. The number of amides is 2. The van der Waals surface area contributed by atoms with Crippen LogP contribution in [-0.2, 0) is 16.3 Å². The van der Waals surface area contributed by atoms with Crippen molar-refractivity contribution in [1.82, 2.24) is 10.2 Å². The van der Waals surface area contributed by atoms with Gasteiger partial charge in [0.15, 0.2) is 9.84 Å². The van der Waals surface area contributed by atoms with Crippen LogP contribution in [0.4, 0.5) is 4.79 Å². The van der Waals surface area contributed by atoms with Crippen LogP contribution in [0.3, 0.4) is 0 Å². The van der Waals surface area contributed by atoms with Gasteiger partial charge in [-0.1, -0.05) is 42.5 Å². The van der Waals surface area contributed by atoms with Gasteiger partial charge in [0, 0.05) is 19.8 Å². The van der Waals surface area contributed by atoms with E-state index in [2.05, 4.69) is 17.4 Å². The summed E-state index contributed by atoms with van der Waals surface area (Å²) in [6.45, 7) is 2.52. The number of nitrogens with one attached hydrogen (secondary N) is 1. The quantitative estimate of drug-likeness (QED) is 0.755. The third-order valence-electron chi connectivity index (χ3n) is 4.45. The molecule has 0 bridgehead atoms. The maximum Gasteiger partial charge on any atom is 0.317 e. The van der Waals surface area contributed by atoms with Crippen molar-refractivity contribution in [2.45, 2.75) is 30.7 Å². The van der Waals surface area contributed by atoms with Gasteiger partial charge in [0.2, 0.25) is 0 Å². The van der Waals surface area contributed by atoms with Gasteiger partial charge in [-0.05, 0) is 43.0 Å². The van der Waals surface area contributed by atoms with E-state index in [1.54, 1.807) is 36.2 Å². The van der Waals surface area contributed by atoms with Crippen molar-refractivity contribution in [3.8, 4) is 0 Å². The van der Waals surface area contributed by atoms with E-state index < -0.39 is 9.84 Å². The van der Waals surface area contributed by atoms with Crippen LogP contribution in [0.25, 0.3) is 0 Å². The van der Waals surface area contributed by atoms with E-state index in [1.165, 1.54) is 11.8 Å². The molecule has 0 heterocycles. The van der Waals surface area contributed by atoms with Crippen molar-refractivity contribution in [3.05, 3.63) is 65.7 Å². The van der Waals surface area contributed by atoms with Crippen LogP contribution < -0.4 is 5.32 Å². The monoisotopic (exact) mass is 374 g/mol. The minimum atomic E-state index is -3.21. The number of aryl methyl sites for hydroxylation is 1. The van der Waals surface area contributed by atoms with Crippen LogP contribution in [0.15, 0.2) is 59.5 Å². The largest absolute Gasteiger partial charge is 0.338 e. The van der Waals surface area contributed by atoms with Gasteiger partial charge in [0.1, 0.15) is 0 Å². The number of rotatable bonds is 7. The summed E-state index contributed by atoms with van der Waals surface area (Å²) < 4.78 is 23.1. The molecule has 5 nitrogen and oxygen atoms in total. The van der Waals surface area contributed by atoms with Gasteiger partial charge in [-0.25, -0.2) is 13.2 Å². The molecule has 0 aromatic heterocycles. The van der Waals surface area contributed by atoms with E-state index >= 15 is 0 Å². The van der Waals surface area contributed by atoms with Crippen LogP contribution in [0.2, 0.25) is 0 Å². The Labute approximate surface area is 156 Å². The Balaban J connectivity index is 1.84. The van der Waals surface area contributed by atoms with Crippen LogP contribution in [0, 0.1) is 0 Å². The Kier molecular flexibility index (Phi) is 6.80. The predicted octanol–water partition coefficient (Wildman–Crippen LogP) is 3.43. The number of hydrogen-bond acceptors (Lipinski definition) is 3. The van der Waals surface area contributed by atoms with Crippen LogP contribution in [0.1, 0.15) is 30.5 Å². The smallest absolute Gasteiger partial charge is 0.317 e. The maximum absolute atomic E-state index is 12.3. The SMILES string of the molecule is CC(c1ccc(S(C)(=O)=O)cc1)N(C)C(=O)NCCCc1ccccc1. The Morgan fingerprint density at radius 3 is 2.27 bits per heavy atom. The van der Waals surface area contributed by atoms with Crippen molar-refractivity contribution in [1.29, 1.82) is 0 Å². The van der Waals surface area contributed by atoms with Gasteiger partial charge in [0.05, 0.1) is 10.9 Å². The molecule has 0 aliphatic heterocycles. The number of nitrogens with zero attached hydrogens (tertiary/aromatic N) is 1. The molecule has 2 aromatic carbocycles. The fourth-order valence-corrected chi connectivity index (χ4v) is 3.28. The zero-order valence-corrected chi connectivity index (χ0v) is 16.3. The molecule has 0 radical (unpaired) electrons. The average molecular weight is 375 g/mol. The Morgan fingerprint density at radius 1 is 1.08 bits per heavy atom. The summed E-state index contributed by atoms with van der Waals surface area (Å²) in [4.78, 5) is 14.2. The highest BCUT2D eigenvalue weighted by atomic mass is 32.2. The molecule has 2 aromatic rings. The third kappa shape index (κ3) is 5.59. The van der Waals surface area contributed by atoms with Gasteiger partial charge in [-0.3, -0.25) is 0 Å². The van der Waals surface area contributed by atoms with Crippen molar-refractivity contribution in [2.75, 3.05) is 19.8 Å². The summed E-state index contributed by atoms with van der Waals surface area (Å²) in [5.41, 5.74) is 2.15. The summed E-state index contributed by atoms with van der Waals surface area (Å²) in [5.74, 6) is 0. The maximum atomic E-state index is 12.3. The van der Waals surface area contributed by atoms with E-state index in [0.29, 0.717) is 6.54 Å². The van der Waals surface area contributed by atoms with E-state index in [-0.39, 0.29) is 17.0 Å². The second kappa shape index (κ2) is 8.85. The molecule has 0 aliphatic rings. The fourth-order valence-electron chi connectivity index (χ4n) is 2.65. The molecule has 0 saturated carbocycles. The topological polar surface area (TPSA) is 66.5 Å². The van der Waals surface area contributed by atoms with Crippen molar-refractivity contribution in [2.24, 2.45) is 0 Å². The third-order valence-corrected chi connectivity index (χ3v) is 5.58. The fraction of sp³-hybridized carbons (Fsp3) is 0.350. The summed E-state index contributed by atoms with van der Waals surface area (Å²) >= 11 is 0. The molecule has 0 saturated heterocycles. The standard InChI is InChI=1S/C20H26N2O3S/c1-16(18-11-13-19(14-12-18)26(3,24)25)22(2)20(23)21-15-7-10-17-8-5-4-6-9-17/h4-6,8-9,11-14,16H,7,10,15H2,1-3H3,(H,21,23). The average Bonchev–Trinajstić information content (AvgIpc) is 2.64. The summed E-state index contributed by atoms with van der Waals surface area (Å²) in [5, 5.41) is 2.93. The molecule has 1 unspecified atom stereocenters. The summed E-state index contributed by atoms with van der Waals surface area (Å²) in [7, 11) is -1.47. The Bertz CT molecular complexity index is 818. The number of urea groups is 1. The van der Waals surface area contributed by atoms with Crippen LogP contribution in [-0.4, -0.2) is 39.2 Å². The zero-order chi connectivity index (χ0) is 19.2. The molecule has 140 valence electrons. The molecule has 6 heteroatoms. The number of carbonyl (C=O) groups excluding carboxylic acids is 1. The molecule has 2 amide bonds. The highest BCUT2D eigenvalue weighted by molar-refractivity contribution is 7.90. The molecule has 0 aliphatic carbocycles. The molecule has 1 atom stereocenters. The normalized spacial score (nSPS) is 12.4. The zero-order valence-electron chi connectivity index (χ0n) is 15.5. The molecule has 0 fully saturated rings. The molecule has 1 N–H and O–H groups in total. The van der Waals surface area contributed by atoms with E-state index in [4.69, 9.17) is 0 Å². The molecular formula is C20H26N2O3S. The van der Waals surface area contributed by atoms with Crippen molar-refractivity contribution in [3.63, 3.8) is 0 Å². The minimum absolute atomic E-state index is 0.141. The van der Waals surface area contributed by atoms with Gasteiger partial charge in [-0.15, -0.1) is 0 Å². The van der Waals surface area contributed by atoms with Gasteiger partial charge in [0.25, 0.3) is 0 Å². The number of hydrogen-bond donors (Lipinski definition) is 1. The Morgan fingerprint density at radius 2 is 1.69 bits per heavy atom. The highest BCUT2D eigenvalue weighted by Crippen LogP contribution is 2.20. The van der Waals surface area contributed by atoms with E-state index in [9.17, 15) is 13.2 Å².